The molecule has 1 fully saturated rings. The van der Waals surface area contributed by atoms with E-state index in [0.29, 0.717) is 51.0 Å². The maximum atomic E-state index is 13.5. The molecule has 3 aromatic carbocycles. The lowest BCUT2D eigenvalue weighted by molar-refractivity contribution is -0.132. The van der Waals surface area contributed by atoms with Gasteiger partial charge in [0.25, 0.3) is 5.78 Å². The van der Waals surface area contributed by atoms with E-state index in [0.717, 1.165) is 10.0 Å². The number of carbonyl (C=O) groups is 2. The van der Waals surface area contributed by atoms with Crippen LogP contribution in [0.3, 0.4) is 0 Å². The number of aliphatic hydroxyl groups excluding tert-OH is 1. The number of rotatable bonds is 6. The number of fused-ring (bicyclic) bond motifs is 1. The van der Waals surface area contributed by atoms with Crippen molar-refractivity contribution in [3.63, 3.8) is 0 Å². The van der Waals surface area contributed by atoms with E-state index < -0.39 is 17.7 Å². The Balaban J connectivity index is 1.39. The Labute approximate surface area is 250 Å². The number of nitrogens with zero attached hydrogens (tertiary/aromatic N) is 3. The van der Waals surface area contributed by atoms with Gasteiger partial charge in [-0.3, -0.25) is 14.5 Å². The van der Waals surface area contributed by atoms with Gasteiger partial charge in [-0.25, -0.2) is 0 Å². The summed E-state index contributed by atoms with van der Waals surface area (Å²) in [7, 11) is 0. The van der Waals surface area contributed by atoms with Gasteiger partial charge < -0.3 is 14.6 Å². The van der Waals surface area contributed by atoms with Crippen molar-refractivity contribution in [3.8, 4) is 11.5 Å². The first-order chi connectivity index (χ1) is 19.4. The molecule has 3 heterocycles. The van der Waals surface area contributed by atoms with Crippen molar-refractivity contribution < 1.29 is 24.2 Å². The number of thioether (sulfide) groups is 1. The molecule has 4 aromatic rings. The van der Waals surface area contributed by atoms with E-state index >= 15 is 0 Å². The van der Waals surface area contributed by atoms with E-state index in [4.69, 9.17) is 21.1 Å². The SMILES string of the molecule is O=C1C(=O)N(c2nnc(SCc3ccccc3Cl)s2)C(c2ccc(Br)cc2)/C1=C(\O)c1ccc2c(c1)OCCO2. The zero-order valence-electron chi connectivity index (χ0n) is 20.5. The summed E-state index contributed by atoms with van der Waals surface area (Å²) in [5, 5.41) is 20.8. The number of ether oxygens (including phenoxy) is 2. The van der Waals surface area contributed by atoms with Crippen LogP contribution in [-0.2, 0) is 15.3 Å². The topological polar surface area (TPSA) is 102 Å². The van der Waals surface area contributed by atoms with E-state index in [-0.39, 0.29) is 16.5 Å². The van der Waals surface area contributed by atoms with E-state index in [1.807, 2.05) is 36.4 Å². The Hall–Kier alpha value is -3.38. The van der Waals surface area contributed by atoms with Crippen molar-refractivity contribution in [2.75, 3.05) is 18.1 Å². The van der Waals surface area contributed by atoms with E-state index in [1.54, 1.807) is 30.3 Å². The van der Waals surface area contributed by atoms with Gasteiger partial charge in [-0.1, -0.05) is 81.0 Å². The molecule has 1 N–H and O–H groups in total. The molecule has 40 heavy (non-hydrogen) atoms. The molecule has 0 saturated carbocycles. The van der Waals surface area contributed by atoms with Gasteiger partial charge in [0.15, 0.2) is 15.8 Å². The van der Waals surface area contributed by atoms with Crippen LogP contribution >= 0.6 is 50.6 Å². The lowest BCUT2D eigenvalue weighted by Crippen LogP contribution is -2.29. The van der Waals surface area contributed by atoms with Crippen molar-refractivity contribution in [2.45, 2.75) is 16.1 Å². The average Bonchev–Trinajstić information content (AvgIpc) is 3.54. The third-order valence-corrected chi connectivity index (χ3v) is 9.36. The third kappa shape index (κ3) is 5.10. The molecule has 2 aliphatic rings. The maximum Gasteiger partial charge on any atom is 0.301 e. The zero-order valence-corrected chi connectivity index (χ0v) is 24.5. The molecule has 0 radical (unpaired) electrons. The van der Waals surface area contributed by atoms with Crippen LogP contribution in [0.25, 0.3) is 5.76 Å². The highest BCUT2D eigenvalue weighted by Crippen LogP contribution is 2.45. The zero-order chi connectivity index (χ0) is 27.8. The summed E-state index contributed by atoms with van der Waals surface area (Å²) in [4.78, 5) is 28.2. The second-order valence-corrected chi connectivity index (χ2v) is 12.3. The first kappa shape index (κ1) is 26.8. The maximum absolute atomic E-state index is 13.5. The number of anilines is 1. The molecule has 0 bridgehead atoms. The molecule has 6 rings (SSSR count). The minimum atomic E-state index is -0.921. The van der Waals surface area contributed by atoms with Crippen LogP contribution in [0.1, 0.15) is 22.7 Å². The predicted octanol–water partition coefficient (Wildman–Crippen LogP) is 6.64. The molecule has 1 amide bonds. The van der Waals surface area contributed by atoms with Crippen LogP contribution in [0.15, 0.2) is 81.1 Å². The number of amides is 1. The number of Topliss-reactive ketones (excluding diaryl/α,β-unsaturated/α-hetero) is 1. The Morgan fingerprint density at radius 2 is 1.80 bits per heavy atom. The number of hydrogen-bond acceptors (Lipinski definition) is 9. The molecular weight excluding hydrogens is 638 g/mol. The molecule has 2 aliphatic heterocycles. The molecule has 12 heteroatoms. The van der Waals surface area contributed by atoms with Crippen molar-refractivity contribution in [1.82, 2.24) is 10.2 Å². The minimum Gasteiger partial charge on any atom is -0.507 e. The van der Waals surface area contributed by atoms with E-state index in [2.05, 4.69) is 26.1 Å². The lowest BCUT2D eigenvalue weighted by Gasteiger charge is -2.23. The van der Waals surface area contributed by atoms with Crippen LogP contribution in [-0.4, -0.2) is 40.2 Å². The van der Waals surface area contributed by atoms with Crippen molar-refractivity contribution >= 4 is 73.2 Å². The van der Waals surface area contributed by atoms with Gasteiger partial charge in [-0.05, 0) is 47.5 Å². The summed E-state index contributed by atoms with van der Waals surface area (Å²) in [6, 6.07) is 18.7. The smallest absolute Gasteiger partial charge is 0.301 e. The number of aliphatic hydroxyl groups is 1. The Bertz CT molecular complexity index is 1660. The number of halogens is 2. The van der Waals surface area contributed by atoms with Gasteiger partial charge in [0.2, 0.25) is 5.13 Å². The average molecular weight is 657 g/mol. The molecule has 0 aliphatic carbocycles. The number of aromatic nitrogens is 2. The van der Waals surface area contributed by atoms with Gasteiger partial charge in [-0.15, -0.1) is 10.2 Å². The van der Waals surface area contributed by atoms with Crippen molar-refractivity contribution in [2.24, 2.45) is 0 Å². The largest absolute Gasteiger partial charge is 0.507 e. The fourth-order valence-electron chi connectivity index (χ4n) is 4.45. The molecular formula is C28H19BrClN3O5S2. The summed E-state index contributed by atoms with van der Waals surface area (Å²) >= 11 is 12.3. The fourth-order valence-corrected chi connectivity index (χ4v) is 6.87. The first-order valence-electron chi connectivity index (χ1n) is 12.1. The molecule has 1 saturated heterocycles. The van der Waals surface area contributed by atoms with Gasteiger partial charge in [0, 0.05) is 20.8 Å². The molecule has 202 valence electrons. The van der Waals surface area contributed by atoms with Gasteiger partial charge in [-0.2, -0.15) is 0 Å². The van der Waals surface area contributed by atoms with Crippen LogP contribution in [0.2, 0.25) is 5.02 Å². The Morgan fingerprint density at radius 3 is 2.58 bits per heavy atom. The minimum absolute atomic E-state index is 0.0514. The number of benzene rings is 3. The van der Waals surface area contributed by atoms with Gasteiger partial charge in [0.05, 0.1) is 11.6 Å². The number of ketones is 1. The highest BCUT2D eigenvalue weighted by Gasteiger charge is 2.48. The second-order valence-electron chi connectivity index (χ2n) is 8.81. The third-order valence-electron chi connectivity index (χ3n) is 6.36. The number of hydrogen-bond donors (Lipinski definition) is 1. The van der Waals surface area contributed by atoms with Crippen molar-refractivity contribution in [3.05, 3.63) is 98.5 Å². The van der Waals surface area contributed by atoms with Crippen LogP contribution in [0, 0.1) is 0 Å². The van der Waals surface area contributed by atoms with Gasteiger partial charge >= 0.3 is 5.91 Å². The van der Waals surface area contributed by atoms with Crippen LogP contribution in [0.5, 0.6) is 11.5 Å². The van der Waals surface area contributed by atoms with Crippen LogP contribution < -0.4 is 14.4 Å². The molecule has 8 nitrogen and oxygen atoms in total. The predicted molar refractivity (Wildman–Crippen MR) is 157 cm³/mol. The van der Waals surface area contributed by atoms with Crippen LogP contribution in [0.4, 0.5) is 5.13 Å². The van der Waals surface area contributed by atoms with E-state index in [1.165, 1.54) is 28.0 Å². The number of carbonyl (C=O) groups excluding carboxylic acids is 2. The highest BCUT2D eigenvalue weighted by atomic mass is 79.9. The normalized spacial score (nSPS) is 17.9. The standard InChI is InChI=1S/C28H19BrClN3O5S2/c29-18-8-5-15(6-9-18)23-22(24(34)16-7-10-20-21(13-16)38-12-11-37-20)25(35)26(36)33(23)27-31-32-28(40-27)39-14-17-3-1-2-4-19(17)30/h1-10,13,23,34H,11-12,14H2/b24-22+. The first-order valence-corrected chi connectivity index (χ1v) is 15.0. The quantitative estimate of drug-likeness (QED) is 0.0810. The summed E-state index contributed by atoms with van der Waals surface area (Å²) in [5.74, 6) is -0.375. The molecule has 0 spiro atoms. The summed E-state index contributed by atoms with van der Waals surface area (Å²) in [5.41, 5.74) is 1.85. The Kier molecular flexibility index (Phi) is 7.54. The van der Waals surface area contributed by atoms with Crippen molar-refractivity contribution in [1.29, 1.82) is 0 Å². The second kappa shape index (κ2) is 11.2. The lowest BCUT2D eigenvalue weighted by atomic mass is 9.95. The molecule has 1 atom stereocenters. The summed E-state index contributed by atoms with van der Waals surface area (Å²) in [6.07, 6.45) is 0. The molecule has 1 unspecified atom stereocenters. The van der Waals surface area contributed by atoms with E-state index in [9.17, 15) is 14.7 Å². The Morgan fingerprint density at radius 1 is 1.05 bits per heavy atom. The highest BCUT2D eigenvalue weighted by molar-refractivity contribution is 9.10. The summed E-state index contributed by atoms with van der Waals surface area (Å²) < 4.78 is 12.7. The van der Waals surface area contributed by atoms with Gasteiger partial charge in [0.1, 0.15) is 19.0 Å². The monoisotopic (exact) mass is 655 g/mol. The molecule has 1 aromatic heterocycles. The fraction of sp³-hybridized carbons (Fsp3) is 0.143. The summed E-state index contributed by atoms with van der Waals surface area (Å²) in [6.45, 7) is 0.794.